The van der Waals surface area contributed by atoms with Crippen molar-refractivity contribution >= 4 is 15.8 Å². The minimum atomic E-state index is -3.33. The summed E-state index contributed by atoms with van der Waals surface area (Å²) in [5, 5.41) is 9.06. The van der Waals surface area contributed by atoms with E-state index in [0.29, 0.717) is 5.56 Å². The lowest BCUT2D eigenvalue weighted by Crippen LogP contribution is -2.03. The van der Waals surface area contributed by atoms with Crippen LogP contribution in [-0.2, 0) is 9.84 Å². The van der Waals surface area contributed by atoms with Gasteiger partial charge in [0.2, 0.25) is 0 Å². The van der Waals surface area contributed by atoms with Crippen molar-refractivity contribution in [1.82, 2.24) is 0 Å². The van der Waals surface area contributed by atoms with Crippen LogP contribution in [0.2, 0.25) is 0 Å². The molecule has 0 aliphatic carbocycles. The first-order valence-corrected chi connectivity index (χ1v) is 7.52. The van der Waals surface area contributed by atoms with E-state index in [2.05, 4.69) is 0 Å². The number of hydrogen-bond donors (Lipinski definition) is 1. The van der Waals surface area contributed by atoms with Gasteiger partial charge in [0.15, 0.2) is 9.84 Å². The van der Waals surface area contributed by atoms with E-state index in [1.54, 1.807) is 0 Å². The Balaban J connectivity index is 2.58. The summed E-state index contributed by atoms with van der Waals surface area (Å²) in [6, 6.07) is 9.58. The van der Waals surface area contributed by atoms with Crippen LogP contribution >= 0.6 is 0 Å². The molecule has 0 radical (unpaired) electrons. The standard InChI is InChI=1S/C14H11FO4S/c1-20(18,19)10-7-5-9(6-8-10)11-3-2-4-12(15)13(11)14(16)17/h2-8H,1H3,(H,16,17). The zero-order valence-electron chi connectivity index (χ0n) is 10.5. The Labute approximate surface area is 115 Å². The first-order chi connectivity index (χ1) is 9.30. The summed E-state index contributed by atoms with van der Waals surface area (Å²) in [4.78, 5) is 11.2. The van der Waals surface area contributed by atoms with Crippen LogP contribution in [0.25, 0.3) is 11.1 Å². The SMILES string of the molecule is CS(=O)(=O)c1ccc(-c2cccc(F)c2C(=O)O)cc1. The molecule has 2 rings (SSSR count). The molecule has 1 N–H and O–H groups in total. The molecule has 0 aliphatic heterocycles. The van der Waals surface area contributed by atoms with E-state index in [1.165, 1.54) is 36.4 Å². The van der Waals surface area contributed by atoms with Gasteiger partial charge in [-0.2, -0.15) is 0 Å². The van der Waals surface area contributed by atoms with Crippen molar-refractivity contribution in [2.24, 2.45) is 0 Å². The van der Waals surface area contributed by atoms with Gasteiger partial charge in [0.25, 0.3) is 0 Å². The predicted molar refractivity (Wildman–Crippen MR) is 71.9 cm³/mol. The van der Waals surface area contributed by atoms with Gasteiger partial charge in [-0.3, -0.25) is 0 Å². The lowest BCUT2D eigenvalue weighted by atomic mass is 9.99. The highest BCUT2D eigenvalue weighted by molar-refractivity contribution is 7.90. The second kappa shape index (κ2) is 5.05. The molecule has 0 unspecified atom stereocenters. The quantitative estimate of drug-likeness (QED) is 0.944. The van der Waals surface area contributed by atoms with Crippen molar-refractivity contribution in [3.63, 3.8) is 0 Å². The first-order valence-electron chi connectivity index (χ1n) is 5.63. The highest BCUT2D eigenvalue weighted by atomic mass is 32.2. The second-order valence-electron chi connectivity index (χ2n) is 4.26. The van der Waals surface area contributed by atoms with Gasteiger partial charge in [0.05, 0.1) is 4.90 Å². The summed E-state index contributed by atoms with van der Waals surface area (Å²) in [6.45, 7) is 0. The molecule has 0 bridgehead atoms. The van der Waals surface area contributed by atoms with Gasteiger partial charge in [0.1, 0.15) is 11.4 Å². The highest BCUT2D eigenvalue weighted by Gasteiger charge is 2.17. The Morgan fingerprint density at radius 2 is 1.70 bits per heavy atom. The van der Waals surface area contributed by atoms with Gasteiger partial charge in [-0.15, -0.1) is 0 Å². The molecule has 0 amide bonds. The van der Waals surface area contributed by atoms with Crippen LogP contribution in [0.1, 0.15) is 10.4 Å². The van der Waals surface area contributed by atoms with Crippen LogP contribution in [0.5, 0.6) is 0 Å². The zero-order valence-corrected chi connectivity index (χ0v) is 11.3. The van der Waals surface area contributed by atoms with E-state index in [9.17, 15) is 17.6 Å². The molecule has 0 heterocycles. The number of benzene rings is 2. The zero-order chi connectivity index (χ0) is 14.9. The Morgan fingerprint density at radius 3 is 2.20 bits per heavy atom. The number of aromatic carboxylic acids is 1. The third kappa shape index (κ3) is 2.70. The fraction of sp³-hybridized carbons (Fsp3) is 0.0714. The molecular formula is C14H11FO4S. The number of sulfone groups is 1. The molecule has 0 fully saturated rings. The number of carbonyl (C=O) groups is 1. The molecule has 2 aromatic rings. The monoisotopic (exact) mass is 294 g/mol. The summed E-state index contributed by atoms with van der Waals surface area (Å²) < 4.78 is 36.3. The summed E-state index contributed by atoms with van der Waals surface area (Å²) in [5.41, 5.74) is 0.214. The molecule has 0 saturated heterocycles. The maximum absolute atomic E-state index is 13.6. The molecule has 4 nitrogen and oxygen atoms in total. The van der Waals surface area contributed by atoms with Crippen LogP contribution in [0.4, 0.5) is 4.39 Å². The molecule has 20 heavy (non-hydrogen) atoms. The maximum Gasteiger partial charge on any atom is 0.339 e. The van der Waals surface area contributed by atoms with Crippen molar-refractivity contribution in [1.29, 1.82) is 0 Å². The fourth-order valence-electron chi connectivity index (χ4n) is 1.86. The minimum absolute atomic E-state index is 0.120. The number of halogens is 1. The van der Waals surface area contributed by atoms with Gasteiger partial charge >= 0.3 is 5.97 Å². The summed E-state index contributed by atoms with van der Waals surface area (Å²) in [6.07, 6.45) is 1.08. The predicted octanol–water partition coefficient (Wildman–Crippen LogP) is 2.59. The van der Waals surface area contributed by atoms with Crippen molar-refractivity contribution in [2.75, 3.05) is 6.26 Å². The van der Waals surface area contributed by atoms with Gasteiger partial charge in [-0.25, -0.2) is 17.6 Å². The maximum atomic E-state index is 13.6. The topological polar surface area (TPSA) is 71.4 Å². The van der Waals surface area contributed by atoms with Gasteiger partial charge in [0, 0.05) is 6.26 Å². The third-order valence-electron chi connectivity index (χ3n) is 2.82. The molecule has 0 aliphatic rings. The average molecular weight is 294 g/mol. The van der Waals surface area contributed by atoms with Crippen LogP contribution in [-0.4, -0.2) is 25.7 Å². The summed E-state index contributed by atoms with van der Waals surface area (Å²) in [7, 11) is -3.33. The van der Waals surface area contributed by atoms with Crippen LogP contribution in [0.15, 0.2) is 47.4 Å². The highest BCUT2D eigenvalue weighted by Crippen LogP contribution is 2.26. The van der Waals surface area contributed by atoms with Crippen molar-refractivity contribution < 1.29 is 22.7 Å². The Morgan fingerprint density at radius 1 is 1.10 bits per heavy atom. The number of carboxylic acid groups (broad SMARTS) is 1. The minimum Gasteiger partial charge on any atom is -0.478 e. The van der Waals surface area contributed by atoms with Crippen LogP contribution in [0, 0.1) is 5.82 Å². The molecule has 0 atom stereocenters. The largest absolute Gasteiger partial charge is 0.478 e. The molecule has 0 saturated carbocycles. The molecule has 2 aromatic carbocycles. The smallest absolute Gasteiger partial charge is 0.339 e. The van der Waals surface area contributed by atoms with Crippen molar-refractivity contribution in [3.05, 3.63) is 53.8 Å². The molecule has 104 valence electrons. The Kier molecular flexibility index (Phi) is 3.59. The van der Waals surface area contributed by atoms with E-state index in [1.807, 2.05) is 0 Å². The van der Waals surface area contributed by atoms with Gasteiger partial charge < -0.3 is 5.11 Å². The van der Waals surface area contributed by atoms with E-state index in [4.69, 9.17) is 5.11 Å². The van der Waals surface area contributed by atoms with Gasteiger partial charge in [-0.1, -0.05) is 24.3 Å². The van der Waals surface area contributed by atoms with Crippen LogP contribution < -0.4 is 0 Å². The fourth-order valence-corrected chi connectivity index (χ4v) is 2.49. The summed E-state index contributed by atoms with van der Waals surface area (Å²) in [5.74, 6) is -2.20. The normalized spacial score (nSPS) is 11.3. The molecule has 0 aromatic heterocycles. The van der Waals surface area contributed by atoms with Crippen LogP contribution in [0.3, 0.4) is 0 Å². The third-order valence-corrected chi connectivity index (χ3v) is 3.95. The van der Waals surface area contributed by atoms with E-state index < -0.39 is 27.2 Å². The average Bonchev–Trinajstić information content (AvgIpc) is 2.37. The van der Waals surface area contributed by atoms with Gasteiger partial charge in [-0.05, 0) is 29.3 Å². The summed E-state index contributed by atoms with van der Waals surface area (Å²) >= 11 is 0. The van der Waals surface area contributed by atoms with E-state index in [-0.39, 0.29) is 10.5 Å². The first kappa shape index (κ1) is 14.2. The number of carboxylic acids is 1. The molecule has 0 spiro atoms. The Bertz CT molecular complexity index is 764. The molecular weight excluding hydrogens is 283 g/mol. The number of rotatable bonds is 3. The second-order valence-corrected chi connectivity index (χ2v) is 6.28. The van der Waals surface area contributed by atoms with Crippen molar-refractivity contribution in [2.45, 2.75) is 4.90 Å². The lowest BCUT2D eigenvalue weighted by molar-refractivity contribution is 0.0693. The van der Waals surface area contributed by atoms with E-state index >= 15 is 0 Å². The Hall–Kier alpha value is -2.21. The molecule has 6 heteroatoms. The lowest BCUT2D eigenvalue weighted by Gasteiger charge is -2.08. The van der Waals surface area contributed by atoms with Crippen molar-refractivity contribution in [3.8, 4) is 11.1 Å². The number of hydrogen-bond acceptors (Lipinski definition) is 3. The van der Waals surface area contributed by atoms with E-state index in [0.717, 1.165) is 12.3 Å².